The Labute approximate surface area is 97.7 Å². The molecular weight excluding hydrogens is 234 g/mol. The summed E-state index contributed by atoms with van der Waals surface area (Å²) in [4.78, 5) is 11.5. The second kappa shape index (κ2) is 5.09. The molecule has 0 spiro atoms. The Bertz CT molecular complexity index is 469. The molecular formula is C10H10ClNO2S. The van der Waals surface area contributed by atoms with Crippen LogP contribution in [0.2, 0.25) is 0 Å². The molecule has 0 radical (unpaired) electrons. The van der Waals surface area contributed by atoms with Crippen LogP contribution in [0.3, 0.4) is 0 Å². The zero-order chi connectivity index (χ0) is 9.97. The topological polar surface area (TPSA) is 30.2 Å². The van der Waals surface area contributed by atoms with Gasteiger partial charge in [0.05, 0.1) is 6.61 Å². The minimum absolute atomic E-state index is 0. The lowest BCUT2D eigenvalue weighted by atomic mass is 10.3. The molecule has 5 heteroatoms. The van der Waals surface area contributed by atoms with E-state index in [1.807, 2.05) is 24.3 Å². The van der Waals surface area contributed by atoms with E-state index in [9.17, 15) is 4.79 Å². The van der Waals surface area contributed by atoms with E-state index in [1.165, 1.54) is 15.9 Å². The Kier molecular flexibility index (Phi) is 4.05. The van der Waals surface area contributed by atoms with Crippen molar-refractivity contribution in [2.24, 2.45) is 0 Å². The van der Waals surface area contributed by atoms with Crippen molar-refractivity contribution in [2.45, 2.75) is 6.92 Å². The lowest BCUT2D eigenvalue weighted by molar-refractivity contribution is -0.553. The maximum absolute atomic E-state index is 11.5. The summed E-state index contributed by atoms with van der Waals surface area (Å²) in [5.41, 5.74) is 2.67. The van der Waals surface area contributed by atoms with Crippen molar-refractivity contribution in [1.82, 2.24) is 0 Å². The van der Waals surface area contributed by atoms with Gasteiger partial charge in [-0.15, -0.1) is 0 Å². The average Bonchev–Trinajstić information content (AvgIpc) is 2.61. The van der Waals surface area contributed by atoms with E-state index in [1.54, 1.807) is 12.4 Å². The summed E-state index contributed by atoms with van der Waals surface area (Å²) in [6, 6.07) is 7.75. The van der Waals surface area contributed by atoms with Crippen molar-refractivity contribution in [2.75, 3.05) is 6.61 Å². The van der Waals surface area contributed by atoms with Crippen molar-refractivity contribution in [3.05, 3.63) is 29.8 Å². The molecule has 0 aliphatic rings. The van der Waals surface area contributed by atoms with Crippen LogP contribution in [-0.4, -0.2) is 12.7 Å². The number of halogens is 1. The predicted octanol–water partition coefficient (Wildman–Crippen LogP) is -0.803. The number of para-hydroxylation sites is 1. The second-order valence-corrected chi connectivity index (χ2v) is 3.65. The van der Waals surface area contributed by atoms with Crippen LogP contribution in [0.1, 0.15) is 6.92 Å². The van der Waals surface area contributed by atoms with Crippen LogP contribution < -0.4 is 17.0 Å². The molecule has 0 saturated heterocycles. The van der Waals surface area contributed by atoms with Gasteiger partial charge in [-0.05, 0) is 13.0 Å². The normalized spacial score (nSPS) is 9.67. The van der Waals surface area contributed by atoms with Gasteiger partial charge in [0, 0.05) is 6.07 Å². The van der Waals surface area contributed by atoms with Crippen molar-refractivity contribution < 1.29 is 26.5 Å². The molecule has 2 aromatic rings. The number of aromatic nitrogens is 1. The number of hydrogen-bond acceptors (Lipinski definition) is 3. The van der Waals surface area contributed by atoms with E-state index in [-0.39, 0.29) is 18.5 Å². The van der Waals surface area contributed by atoms with Gasteiger partial charge in [-0.3, -0.25) is 0 Å². The summed E-state index contributed by atoms with van der Waals surface area (Å²) in [6.07, 6.45) is -0.315. The fourth-order valence-corrected chi connectivity index (χ4v) is 2.12. The molecule has 0 aliphatic heterocycles. The zero-order valence-electron chi connectivity index (χ0n) is 8.14. The molecule has 3 nitrogen and oxygen atoms in total. The Morgan fingerprint density at radius 1 is 1.47 bits per heavy atom. The van der Waals surface area contributed by atoms with Crippen LogP contribution >= 0.6 is 11.3 Å². The number of thiazole rings is 1. The first-order chi connectivity index (χ1) is 6.83. The number of fused-ring (bicyclic) bond motifs is 1. The van der Waals surface area contributed by atoms with E-state index in [2.05, 4.69) is 0 Å². The average molecular weight is 244 g/mol. The Balaban J connectivity index is 0.00000112. The van der Waals surface area contributed by atoms with Gasteiger partial charge in [0.1, 0.15) is 4.70 Å². The van der Waals surface area contributed by atoms with Crippen molar-refractivity contribution >= 4 is 27.6 Å². The molecule has 1 heterocycles. The monoisotopic (exact) mass is 243 g/mol. The molecule has 0 amide bonds. The summed E-state index contributed by atoms with van der Waals surface area (Å²) in [5.74, 6) is 0. The summed E-state index contributed by atoms with van der Waals surface area (Å²) >= 11 is 1.53. The highest BCUT2D eigenvalue weighted by Gasteiger charge is 2.21. The molecule has 15 heavy (non-hydrogen) atoms. The minimum atomic E-state index is -0.315. The molecule has 0 unspecified atom stereocenters. The van der Waals surface area contributed by atoms with Gasteiger partial charge in [-0.1, -0.05) is 28.0 Å². The van der Waals surface area contributed by atoms with Gasteiger partial charge in [-0.2, -0.15) is 4.79 Å². The van der Waals surface area contributed by atoms with Crippen LogP contribution in [-0.2, 0) is 4.74 Å². The molecule has 0 aliphatic carbocycles. The molecule has 0 N–H and O–H groups in total. The van der Waals surface area contributed by atoms with Gasteiger partial charge in [0.2, 0.25) is 11.0 Å². The summed E-state index contributed by atoms with van der Waals surface area (Å²) < 4.78 is 7.54. The van der Waals surface area contributed by atoms with Gasteiger partial charge in [-0.25, -0.2) is 0 Å². The van der Waals surface area contributed by atoms with Crippen LogP contribution in [0.25, 0.3) is 10.2 Å². The van der Waals surface area contributed by atoms with Crippen LogP contribution in [0.15, 0.2) is 29.8 Å². The van der Waals surface area contributed by atoms with Crippen LogP contribution in [0.5, 0.6) is 0 Å². The standard InChI is InChI=1S/C10H10NO2S.ClH/c1-2-13-10(12)11-7-14-9-6-4-3-5-8(9)11;/h3-7H,2H2,1H3;1H/q+1;/p-1. The summed E-state index contributed by atoms with van der Waals surface area (Å²) in [6.45, 7) is 2.20. The summed E-state index contributed by atoms with van der Waals surface area (Å²) in [7, 11) is 0. The third-order valence-electron chi connectivity index (χ3n) is 1.87. The number of nitrogens with zero attached hydrogens (tertiary/aromatic N) is 1. The van der Waals surface area contributed by atoms with Gasteiger partial charge in [0.15, 0.2) is 0 Å². The van der Waals surface area contributed by atoms with Crippen LogP contribution in [0.4, 0.5) is 4.79 Å². The highest BCUT2D eigenvalue weighted by molar-refractivity contribution is 7.16. The Morgan fingerprint density at radius 3 is 2.93 bits per heavy atom. The minimum Gasteiger partial charge on any atom is -1.00 e. The third kappa shape index (κ3) is 2.27. The van der Waals surface area contributed by atoms with E-state index in [4.69, 9.17) is 4.74 Å². The SMILES string of the molecule is CCOC(=O)[n+]1csc2ccccc21.[Cl-]. The Hall–Kier alpha value is -1.13. The fourth-order valence-electron chi connectivity index (χ4n) is 1.26. The first-order valence-corrected chi connectivity index (χ1v) is 5.26. The van der Waals surface area contributed by atoms with Crippen molar-refractivity contribution in [1.29, 1.82) is 0 Å². The predicted molar refractivity (Wildman–Crippen MR) is 54.4 cm³/mol. The molecule has 1 aromatic heterocycles. The quantitative estimate of drug-likeness (QED) is 0.614. The molecule has 0 atom stereocenters. The molecule has 2 rings (SSSR count). The maximum Gasteiger partial charge on any atom is 0.603 e. The van der Waals surface area contributed by atoms with Gasteiger partial charge < -0.3 is 17.1 Å². The number of hydrogen-bond donors (Lipinski definition) is 0. The van der Waals surface area contributed by atoms with Gasteiger partial charge in [0.25, 0.3) is 0 Å². The largest absolute Gasteiger partial charge is 1.00 e. The van der Waals surface area contributed by atoms with E-state index >= 15 is 0 Å². The second-order valence-electron chi connectivity index (χ2n) is 2.76. The fraction of sp³-hybridized carbons (Fsp3) is 0.200. The van der Waals surface area contributed by atoms with E-state index in [0.29, 0.717) is 6.61 Å². The van der Waals surface area contributed by atoms with E-state index in [0.717, 1.165) is 10.2 Å². The first-order valence-electron chi connectivity index (χ1n) is 4.38. The summed E-state index contributed by atoms with van der Waals surface area (Å²) in [5, 5.41) is 0. The number of carbonyl (C=O) groups is 1. The highest BCUT2D eigenvalue weighted by atomic mass is 35.5. The lowest BCUT2D eigenvalue weighted by Gasteiger charge is -1.92. The number of rotatable bonds is 1. The highest BCUT2D eigenvalue weighted by Crippen LogP contribution is 2.14. The third-order valence-corrected chi connectivity index (χ3v) is 2.79. The van der Waals surface area contributed by atoms with Crippen LogP contribution in [0, 0.1) is 0 Å². The van der Waals surface area contributed by atoms with Crippen molar-refractivity contribution in [3.63, 3.8) is 0 Å². The van der Waals surface area contributed by atoms with E-state index < -0.39 is 0 Å². The Morgan fingerprint density at radius 2 is 2.20 bits per heavy atom. The number of ether oxygens (including phenoxy) is 1. The molecule has 80 valence electrons. The zero-order valence-corrected chi connectivity index (χ0v) is 9.72. The van der Waals surface area contributed by atoms with Crippen molar-refractivity contribution in [3.8, 4) is 0 Å². The van der Waals surface area contributed by atoms with Gasteiger partial charge >= 0.3 is 6.09 Å². The smallest absolute Gasteiger partial charge is 0.603 e. The molecule has 0 fully saturated rings. The number of benzene rings is 1. The maximum atomic E-state index is 11.5. The molecule has 0 bridgehead atoms. The molecule has 1 aromatic carbocycles. The molecule has 0 saturated carbocycles. The first kappa shape index (κ1) is 11.9. The number of carbonyl (C=O) groups excluding carboxylic acids is 1. The lowest BCUT2D eigenvalue weighted by Crippen LogP contribution is -3.00.